The van der Waals surface area contributed by atoms with E-state index < -0.39 is 6.09 Å². The molecule has 0 fully saturated rings. The van der Waals surface area contributed by atoms with E-state index in [0.717, 1.165) is 16.3 Å². The minimum absolute atomic E-state index is 0.129. The van der Waals surface area contributed by atoms with Gasteiger partial charge in [-0.15, -0.1) is 0 Å². The Bertz CT molecular complexity index is 966. The number of ether oxygens (including phenoxy) is 2. The van der Waals surface area contributed by atoms with Gasteiger partial charge in [-0.1, -0.05) is 48.5 Å². The fourth-order valence-electron chi connectivity index (χ4n) is 2.87. The lowest BCUT2D eigenvalue weighted by Gasteiger charge is -2.10. The van der Waals surface area contributed by atoms with Gasteiger partial charge in [0.15, 0.2) is 0 Å². The molecule has 28 heavy (non-hydrogen) atoms. The van der Waals surface area contributed by atoms with E-state index in [1.54, 1.807) is 24.3 Å². The Morgan fingerprint density at radius 3 is 2.39 bits per heavy atom. The summed E-state index contributed by atoms with van der Waals surface area (Å²) in [5, 5.41) is 7.66. The summed E-state index contributed by atoms with van der Waals surface area (Å²) in [5.41, 5.74) is 2.09. The van der Waals surface area contributed by atoms with Crippen LogP contribution < -0.4 is 10.6 Å². The lowest BCUT2D eigenvalue weighted by Crippen LogP contribution is -2.17. The highest BCUT2D eigenvalue weighted by atomic mass is 16.6. The normalized spacial score (nSPS) is 10.5. The van der Waals surface area contributed by atoms with E-state index in [1.807, 2.05) is 42.5 Å². The third kappa shape index (κ3) is 5.31. The van der Waals surface area contributed by atoms with Gasteiger partial charge >= 0.3 is 6.09 Å². The molecule has 0 saturated carbocycles. The van der Waals surface area contributed by atoms with Gasteiger partial charge in [0.05, 0.1) is 13.0 Å². The number of methoxy groups -OCH3 is 1. The Morgan fingerprint density at radius 1 is 0.857 bits per heavy atom. The summed E-state index contributed by atoms with van der Waals surface area (Å²) in [6.07, 6.45) is -0.311. The molecule has 3 rings (SSSR count). The lowest BCUT2D eigenvalue weighted by atomic mass is 10.0. The highest BCUT2D eigenvalue weighted by Crippen LogP contribution is 2.20. The maximum atomic E-state index is 12.5. The van der Waals surface area contributed by atoms with Crippen molar-refractivity contribution < 1.29 is 19.1 Å². The zero-order chi connectivity index (χ0) is 19.8. The smallest absolute Gasteiger partial charge is 0.411 e. The molecule has 0 saturated heterocycles. The lowest BCUT2D eigenvalue weighted by molar-refractivity contribution is -0.115. The van der Waals surface area contributed by atoms with Crippen molar-refractivity contribution in [3.63, 3.8) is 0 Å². The van der Waals surface area contributed by atoms with Crippen LogP contribution in [-0.4, -0.2) is 32.3 Å². The molecule has 3 aromatic carbocycles. The molecule has 2 N–H and O–H groups in total. The maximum Gasteiger partial charge on any atom is 0.411 e. The summed E-state index contributed by atoms with van der Waals surface area (Å²) in [4.78, 5) is 24.2. The third-order valence-corrected chi connectivity index (χ3v) is 4.14. The molecule has 0 atom stereocenters. The molecule has 6 nitrogen and oxygen atoms in total. The van der Waals surface area contributed by atoms with Gasteiger partial charge in [-0.25, -0.2) is 4.79 Å². The van der Waals surface area contributed by atoms with E-state index in [2.05, 4.69) is 10.6 Å². The summed E-state index contributed by atoms with van der Waals surface area (Å²) in [7, 11) is 1.53. The number of carbonyl (C=O) groups excluding carboxylic acids is 2. The summed E-state index contributed by atoms with van der Waals surface area (Å²) >= 11 is 0. The largest absolute Gasteiger partial charge is 0.447 e. The second-order valence-corrected chi connectivity index (χ2v) is 6.20. The molecule has 0 aromatic heterocycles. The maximum absolute atomic E-state index is 12.5. The fraction of sp³-hybridized carbons (Fsp3) is 0.182. The molecular formula is C22H22N2O4. The number of anilines is 2. The third-order valence-electron chi connectivity index (χ3n) is 4.14. The molecule has 3 aromatic rings. The zero-order valence-electron chi connectivity index (χ0n) is 15.6. The molecular weight excluding hydrogens is 356 g/mol. The number of carbonyl (C=O) groups is 2. The predicted octanol–water partition coefficient (Wildman–Crippen LogP) is 4.22. The summed E-state index contributed by atoms with van der Waals surface area (Å²) in [6.45, 7) is 0.501. The number of nitrogens with one attached hydrogen (secondary N) is 2. The van der Waals surface area contributed by atoms with Crippen LogP contribution >= 0.6 is 0 Å². The van der Waals surface area contributed by atoms with E-state index in [0.29, 0.717) is 18.0 Å². The van der Waals surface area contributed by atoms with Crippen LogP contribution in [0.3, 0.4) is 0 Å². The van der Waals surface area contributed by atoms with Crippen molar-refractivity contribution in [2.24, 2.45) is 0 Å². The van der Waals surface area contributed by atoms with Crippen LogP contribution in [-0.2, 0) is 20.7 Å². The molecule has 6 heteroatoms. The SMILES string of the molecule is COCCOC(=O)Nc1cccc(NC(=O)Cc2cccc3ccccc23)c1. The Kier molecular flexibility index (Phi) is 6.59. The summed E-state index contributed by atoms with van der Waals surface area (Å²) in [6, 6.07) is 20.8. The molecule has 0 unspecified atom stereocenters. The van der Waals surface area contributed by atoms with Gasteiger partial charge in [-0.3, -0.25) is 10.1 Å². The van der Waals surface area contributed by atoms with Gasteiger partial charge < -0.3 is 14.8 Å². The highest BCUT2D eigenvalue weighted by molar-refractivity contribution is 5.96. The topological polar surface area (TPSA) is 76.7 Å². The van der Waals surface area contributed by atoms with Crippen molar-refractivity contribution in [2.75, 3.05) is 31.0 Å². The number of amides is 2. The van der Waals surface area contributed by atoms with Gasteiger partial charge in [0.2, 0.25) is 5.91 Å². The van der Waals surface area contributed by atoms with Crippen LogP contribution in [0.25, 0.3) is 10.8 Å². The molecule has 0 bridgehead atoms. The first-order valence-corrected chi connectivity index (χ1v) is 8.95. The quantitative estimate of drug-likeness (QED) is 0.604. The number of rotatable bonds is 7. The van der Waals surface area contributed by atoms with Gasteiger partial charge in [0.25, 0.3) is 0 Å². The Labute approximate surface area is 163 Å². The van der Waals surface area contributed by atoms with Gasteiger partial charge in [0, 0.05) is 18.5 Å². The van der Waals surface area contributed by atoms with Crippen LogP contribution in [0.15, 0.2) is 66.7 Å². The first-order chi connectivity index (χ1) is 13.7. The van der Waals surface area contributed by atoms with Crippen molar-refractivity contribution in [2.45, 2.75) is 6.42 Å². The Hall–Kier alpha value is -3.38. The molecule has 0 radical (unpaired) electrons. The molecule has 0 aliphatic carbocycles. The number of hydrogen-bond acceptors (Lipinski definition) is 4. The van der Waals surface area contributed by atoms with Crippen LogP contribution in [0.5, 0.6) is 0 Å². The molecule has 144 valence electrons. The van der Waals surface area contributed by atoms with E-state index in [9.17, 15) is 9.59 Å². The standard InChI is InChI=1S/C22H22N2O4/c1-27-12-13-28-22(26)24-19-10-5-9-18(15-19)23-21(25)14-17-8-4-7-16-6-2-3-11-20(16)17/h2-11,15H,12-14H2,1H3,(H,23,25)(H,24,26). The number of benzene rings is 3. The Balaban J connectivity index is 1.62. The average Bonchev–Trinajstić information content (AvgIpc) is 2.69. The number of hydrogen-bond donors (Lipinski definition) is 2. The molecule has 0 spiro atoms. The van der Waals surface area contributed by atoms with Crippen LogP contribution in [0.2, 0.25) is 0 Å². The zero-order valence-corrected chi connectivity index (χ0v) is 15.6. The second kappa shape index (κ2) is 9.53. The van der Waals surface area contributed by atoms with E-state index >= 15 is 0 Å². The van der Waals surface area contributed by atoms with Crippen molar-refractivity contribution in [3.8, 4) is 0 Å². The number of fused-ring (bicyclic) bond motifs is 1. The predicted molar refractivity (Wildman–Crippen MR) is 110 cm³/mol. The molecule has 0 heterocycles. The second-order valence-electron chi connectivity index (χ2n) is 6.20. The minimum atomic E-state index is -0.573. The molecule has 2 amide bonds. The van der Waals surface area contributed by atoms with Gasteiger partial charge in [-0.05, 0) is 34.5 Å². The average molecular weight is 378 g/mol. The van der Waals surface area contributed by atoms with Crippen LogP contribution in [0, 0.1) is 0 Å². The van der Waals surface area contributed by atoms with Crippen LogP contribution in [0.1, 0.15) is 5.56 Å². The van der Waals surface area contributed by atoms with Crippen molar-refractivity contribution in [3.05, 3.63) is 72.3 Å². The van der Waals surface area contributed by atoms with Gasteiger partial charge in [-0.2, -0.15) is 0 Å². The van der Waals surface area contributed by atoms with Gasteiger partial charge in [0.1, 0.15) is 6.61 Å². The van der Waals surface area contributed by atoms with E-state index in [-0.39, 0.29) is 18.9 Å². The molecule has 0 aliphatic rings. The summed E-state index contributed by atoms with van der Waals surface area (Å²) in [5.74, 6) is -0.129. The van der Waals surface area contributed by atoms with Crippen molar-refractivity contribution in [1.82, 2.24) is 0 Å². The highest BCUT2D eigenvalue weighted by Gasteiger charge is 2.09. The van der Waals surface area contributed by atoms with Crippen molar-refractivity contribution >= 4 is 34.1 Å². The fourth-order valence-corrected chi connectivity index (χ4v) is 2.87. The monoisotopic (exact) mass is 378 g/mol. The summed E-state index contributed by atoms with van der Waals surface area (Å²) < 4.78 is 9.79. The minimum Gasteiger partial charge on any atom is -0.447 e. The van der Waals surface area contributed by atoms with E-state index in [1.165, 1.54) is 7.11 Å². The first-order valence-electron chi connectivity index (χ1n) is 8.95. The van der Waals surface area contributed by atoms with E-state index in [4.69, 9.17) is 9.47 Å². The molecule has 0 aliphatic heterocycles. The van der Waals surface area contributed by atoms with Crippen molar-refractivity contribution in [1.29, 1.82) is 0 Å². The van der Waals surface area contributed by atoms with Crippen LogP contribution in [0.4, 0.5) is 16.2 Å². The Morgan fingerprint density at radius 2 is 1.57 bits per heavy atom. The first kappa shape index (κ1) is 19.4.